The molecule has 0 heterocycles. The van der Waals surface area contributed by atoms with Crippen molar-refractivity contribution in [1.82, 2.24) is 0 Å². The number of aliphatic hydroxyl groups is 1. The Morgan fingerprint density at radius 2 is 1.90 bits per heavy atom. The summed E-state index contributed by atoms with van der Waals surface area (Å²) in [5, 5.41) is 10.6. The molecule has 0 saturated carbocycles. The van der Waals surface area contributed by atoms with Crippen molar-refractivity contribution in [3.8, 4) is 5.75 Å². The van der Waals surface area contributed by atoms with Crippen LogP contribution in [0.2, 0.25) is 0 Å². The van der Waals surface area contributed by atoms with Gasteiger partial charge in [-0.25, -0.2) is 4.79 Å². The fourth-order valence-corrected chi connectivity index (χ4v) is 2.36. The fourth-order valence-electron chi connectivity index (χ4n) is 2.36. The molecule has 0 amide bonds. The standard InChI is InChI=1S/C17H26O4/c1-5-17(19,16(18)21-6-2)13(3)7-8-14-9-11-15(20-4)12-10-14/h9-13,19H,5-8H2,1-4H3. The van der Waals surface area contributed by atoms with Gasteiger partial charge in [-0.2, -0.15) is 0 Å². The van der Waals surface area contributed by atoms with Crippen LogP contribution in [-0.2, 0) is 16.0 Å². The van der Waals surface area contributed by atoms with Crippen molar-refractivity contribution in [3.05, 3.63) is 29.8 Å². The second-order valence-electron chi connectivity index (χ2n) is 5.29. The van der Waals surface area contributed by atoms with E-state index in [0.29, 0.717) is 6.42 Å². The lowest BCUT2D eigenvalue weighted by molar-refractivity contribution is -0.171. The van der Waals surface area contributed by atoms with Gasteiger partial charge in [0.1, 0.15) is 5.75 Å². The van der Waals surface area contributed by atoms with E-state index in [4.69, 9.17) is 9.47 Å². The van der Waals surface area contributed by atoms with Crippen LogP contribution < -0.4 is 4.74 Å². The van der Waals surface area contributed by atoms with Crippen molar-refractivity contribution in [1.29, 1.82) is 0 Å². The van der Waals surface area contributed by atoms with Crippen molar-refractivity contribution in [3.63, 3.8) is 0 Å². The fraction of sp³-hybridized carbons (Fsp3) is 0.588. The summed E-state index contributed by atoms with van der Waals surface area (Å²) in [5.41, 5.74) is -0.243. The molecule has 0 spiro atoms. The highest BCUT2D eigenvalue weighted by Crippen LogP contribution is 2.27. The van der Waals surface area contributed by atoms with Gasteiger partial charge in [0, 0.05) is 0 Å². The van der Waals surface area contributed by atoms with Crippen LogP contribution in [0.1, 0.15) is 39.2 Å². The van der Waals surface area contributed by atoms with Gasteiger partial charge in [-0.15, -0.1) is 0 Å². The summed E-state index contributed by atoms with van der Waals surface area (Å²) >= 11 is 0. The smallest absolute Gasteiger partial charge is 0.338 e. The number of hydrogen-bond acceptors (Lipinski definition) is 4. The third kappa shape index (κ3) is 4.46. The first-order valence-corrected chi connectivity index (χ1v) is 7.50. The highest BCUT2D eigenvalue weighted by atomic mass is 16.5. The molecule has 1 rings (SSSR count). The van der Waals surface area contributed by atoms with E-state index in [2.05, 4.69) is 0 Å². The van der Waals surface area contributed by atoms with Crippen LogP contribution in [0, 0.1) is 5.92 Å². The molecule has 0 aliphatic heterocycles. The summed E-state index contributed by atoms with van der Waals surface area (Å²) < 4.78 is 10.1. The molecule has 4 nitrogen and oxygen atoms in total. The maximum absolute atomic E-state index is 11.9. The van der Waals surface area contributed by atoms with Crippen LogP contribution in [0.15, 0.2) is 24.3 Å². The van der Waals surface area contributed by atoms with E-state index in [9.17, 15) is 9.90 Å². The largest absolute Gasteiger partial charge is 0.497 e. The zero-order valence-corrected chi connectivity index (χ0v) is 13.4. The number of carbonyl (C=O) groups excluding carboxylic acids is 1. The van der Waals surface area contributed by atoms with Gasteiger partial charge in [0.05, 0.1) is 13.7 Å². The minimum Gasteiger partial charge on any atom is -0.497 e. The molecule has 0 bridgehead atoms. The Balaban J connectivity index is 2.65. The second kappa shape index (κ2) is 8.03. The summed E-state index contributed by atoms with van der Waals surface area (Å²) in [7, 11) is 1.64. The molecule has 2 unspecified atom stereocenters. The summed E-state index contributed by atoms with van der Waals surface area (Å²) in [6.07, 6.45) is 1.87. The van der Waals surface area contributed by atoms with Gasteiger partial charge in [0.25, 0.3) is 0 Å². The maximum Gasteiger partial charge on any atom is 0.338 e. The molecule has 0 aliphatic rings. The van der Waals surface area contributed by atoms with E-state index < -0.39 is 11.6 Å². The number of aryl methyl sites for hydroxylation is 1. The van der Waals surface area contributed by atoms with E-state index in [0.717, 1.165) is 24.2 Å². The molecular weight excluding hydrogens is 268 g/mol. The monoisotopic (exact) mass is 294 g/mol. The molecule has 1 aromatic carbocycles. The number of ether oxygens (including phenoxy) is 2. The molecule has 0 saturated heterocycles. The molecule has 0 fully saturated rings. The van der Waals surface area contributed by atoms with Crippen molar-refractivity contribution in [2.45, 2.75) is 45.6 Å². The van der Waals surface area contributed by atoms with Gasteiger partial charge in [-0.05, 0) is 49.8 Å². The molecule has 0 radical (unpaired) electrons. The van der Waals surface area contributed by atoms with Gasteiger partial charge in [0.2, 0.25) is 0 Å². The SMILES string of the molecule is CCOC(=O)C(O)(CC)C(C)CCc1ccc(OC)cc1. The molecule has 1 aromatic rings. The molecule has 21 heavy (non-hydrogen) atoms. The molecule has 0 aromatic heterocycles. The van der Waals surface area contributed by atoms with Crippen LogP contribution in [0.4, 0.5) is 0 Å². The molecule has 1 N–H and O–H groups in total. The average Bonchev–Trinajstić information content (AvgIpc) is 2.52. The Hall–Kier alpha value is -1.55. The van der Waals surface area contributed by atoms with E-state index >= 15 is 0 Å². The number of rotatable bonds is 8. The number of carbonyl (C=O) groups is 1. The Morgan fingerprint density at radius 3 is 2.38 bits per heavy atom. The Kier molecular flexibility index (Phi) is 6.69. The zero-order chi connectivity index (χ0) is 15.9. The van der Waals surface area contributed by atoms with Gasteiger partial charge < -0.3 is 14.6 Å². The van der Waals surface area contributed by atoms with Gasteiger partial charge in [-0.1, -0.05) is 26.0 Å². The van der Waals surface area contributed by atoms with Gasteiger partial charge >= 0.3 is 5.97 Å². The maximum atomic E-state index is 11.9. The second-order valence-corrected chi connectivity index (χ2v) is 5.29. The zero-order valence-electron chi connectivity index (χ0n) is 13.4. The van der Waals surface area contributed by atoms with E-state index in [-0.39, 0.29) is 12.5 Å². The Morgan fingerprint density at radius 1 is 1.29 bits per heavy atom. The Bertz CT molecular complexity index is 441. The third-order valence-electron chi connectivity index (χ3n) is 4.01. The number of benzene rings is 1. The van der Waals surface area contributed by atoms with E-state index in [1.54, 1.807) is 21.0 Å². The predicted molar refractivity (Wildman–Crippen MR) is 82.4 cm³/mol. The first-order chi connectivity index (χ1) is 9.97. The summed E-state index contributed by atoms with van der Waals surface area (Å²) in [6, 6.07) is 7.83. The molecular formula is C17H26O4. The molecule has 2 atom stereocenters. The van der Waals surface area contributed by atoms with E-state index in [1.807, 2.05) is 31.2 Å². The number of hydrogen-bond donors (Lipinski definition) is 1. The minimum absolute atomic E-state index is 0.163. The van der Waals surface area contributed by atoms with Crippen LogP contribution >= 0.6 is 0 Å². The summed E-state index contributed by atoms with van der Waals surface area (Å²) in [5.74, 6) is 0.141. The van der Waals surface area contributed by atoms with Crippen molar-refractivity contribution < 1.29 is 19.4 Å². The van der Waals surface area contributed by atoms with Crippen molar-refractivity contribution in [2.24, 2.45) is 5.92 Å². The van der Waals surface area contributed by atoms with Crippen LogP contribution in [0.25, 0.3) is 0 Å². The first-order valence-electron chi connectivity index (χ1n) is 7.50. The Labute approximate surface area is 127 Å². The third-order valence-corrected chi connectivity index (χ3v) is 4.01. The lowest BCUT2D eigenvalue weighted by Crippen LogP contribution is -2.45. The minimum atomic E-state index is -1.40. The highest BCUT2D eigenvalue weighted by molar-refractivity contribution is 5.79. The van der Waals surface area contributed by atoms with Crippen LogP contribution in [0.3, 0.4) is 0 Å². The molecule has 118 valence electrons. The normalized spacial score (nSPS) is 15.1. The number of esters is 1. The van der Waals surface area contributed by atoms with Gasteiger partial charge in [-0.3, -0.25) is 0 Å². The van der Waals surface area contributed by atoms with Gasteiger partial charge in [0.15, 0.2) is 5.60 Å². The summed E-state index contributed by atoms with van der Waals surface area (Å²) in [6.45, 7) is 5.73. The van der Waals surface area contributed by atoms with Crippen LogP contribution in [-0.4, -0.2) is 30.4 Å². The van der Waals surface area contributed by atoms with Crippen LogP contribution in [0.5, 0.6) is 5.75 Å². The average molecular weight is 294 g/mol. The van der Waals surface area contributed by atoms with Crippen molar-refractivity contribution >= 4 is 5.97 Å². The summed E-state index contributed by atoms with van der Waals surface area (Å²) in [4.78, 5) is 11.9. The highest BCUT2D eigenvalue weighted by Gasteiger charge is 2.40. The lowest BCUT2D eigenvalue weighted by atomic mass is 9.82. The van der Waals surface area contributed by atoms with Crippen molar-refractivity contribution in [2.75, 3.05) is 13.7 Å². The topological polar surface area (TPSA) is 55.8 Å². The molecule has 4 heteroatoms. The molecule has 0 aliphatic carbocycles. The van der Waals surface area contributed by atoms with E-state index in [1.165, 1.54) is 0 Å². The quantitative estimate of drug-likeness (QED) is 0.749. The predicted octanol–water partition coefficient (Wildman–Crippen LogP) is 2.97. The number of methoxy groups -OCH3 is 1. The first kappa shape index (κ1) is 17.5. The lowest BCUT2D eigenvalue weighted by Gasteiger charge is -2.30.